The second-order valence-corrected chi connectivity index (χ2v) is 3.83. The second kappa shape index (κ2) is 2.75. The molecule has 0 spiro atoms. The van der Waals surface area contributed by atoms with Gasteiger partial charge in [-0.15, -0.1) is 0 Å². The summed E-state index contributed by atoms with van der Waals surface area (Å²) in [5.74, 6) is -1.32. The number of halogens is 2. The van der Waals surface area contributed by atoms with Gasteiger partial charge < -0.3 is 9.84 Å². The Bertz CT molecular complexity index is 242. The quantitative estimate of drug-likeness (QED) is 0.663. The van der Waals surface area contributed by atoms with Crippen LogP contribution in [-0.4, -0.2) is 29.8 Å². The standard InChI is InChI=1S/C9H12F2O2/c1-9-3-2-6(13-9)7(8(10)11)5(9)4-12/h2-3,5-8,12H,4H2,1H3/t5-,6-,7-,9+/m1/s1. The Morgan fingerprint density at radius 3 is 2.77 bits per heavy atom. The van der Waals surface area contributed by atoms with Gasteiger partial charge in [-0.25, -0.2) is 8.78 Å². The molecule has 2 rings (SSSR count). The van der Waals surface area contributed by atoms with Gasteiger partial charge in [0.1, 0.15) is 0 Å². The Hall–Kier alpha value is -0.480. The van der Waals surface area contributed by atoms with Gasteiger partial charge in [-0.3, -0.25) is 0 Å². The summed E-state index contributed by atoms with van der Waals surface area (Å²) in [6.07, 6.45) is 0.511. The Labute approximate surface area is 75.2 Å². The van der Waals surface area contributed by atoms with Crippen LogP contribution in [0, 0.1) is 11.8 Å². The van der Waals surface area contributed by atoms with E-state index in [0.29, 0.717) is 0 Å². The lowest BCUT2D eigenvalue weighted by atomic mass is 9.77. The summed E-state index contributed by atoms with van der Waals surface area (Å²) < 4.78 is 30.5. The molecule has 2 nitrogen and oxygen atoms in total. The zero-order valence-electron chi connectivity index (χ0n) is 7.28. The maximum absolute atomic E-state index is 12.6. The molecule has 0 aromatic carbocycles. The van der Waals surface area contributed by atoms with E-state index in [-0.39, 0.29) is 6.61 Å². The van der Waals surface area contributed by atoms with Gasteiger partial charge >= 0.3 is 0 Å². The molecule has 4 heteroatoms. The zero-order chi connectivity index (χ0) is 9.64. The van der Waals surface area contributed by atoms with Crippen molar-refractivity contribution in [2.24, 2.45) is 11.8 Å². The topological polar surface area (TPSA) is 29.5 Å². The SMILES string of the molecule is C[C@@]12C=C[C@@H](O1)[C@H](C(F)F)[C@H]2CO. The molecule has 2 bridgehead atoms. The number of aliphatic hydroxyl groups excluding tert-OH is 1. The van der Waals surface area contributed by atoms with Gasteiger partial charge in [-0.2, -0.15) is 0 Å². The molecule has 0 saturated carbocycles. The van der Waals surface area contributed by atoms with E-state index in [4.69, 9.17) is 9.84 Å². The van der Waals surface area contributed by atoms with Crippen molar-refractivity contribution in [1.29, 1.82) is 0 Å². The molecular weight excluding hydrogens is 178 g/mol. The Kier molecular flexibility index (Phi) is 1.92. The van der Waals surface area contributed by atoms with E-state index in [1.165, 1.54) is 0 Å². The van der Waals surface area contributed by atoms with Crippen LogP contribution in [0.4, 0.5) is 8.78 Å². The first-order valence-corrected chi connectivity index (χ1v) is 4.34. The third kappa shape index (κ3) is 1.12. The van der Waals surface area contributed by atoms with Crippen LogP contribution in [0.1, 0.15) is 6.92 Å². The number of hydrogen-bond donors (Lipinski definition) is 1. The van der Waals surface area contributed by atoms with Crippen LogP contribution < -0.4 is 0 Å². The lowest BCUT2D eigenvalue weighted by molar-refractivity contribution is 0.0141. The summed E-state index contributed by atoms with van der Waals surface area (Å²) in [6.45, 7) is 1.50. The van der Waals surface area contributed by atoms with Gasteiger partial charge in [0.2, 0.25) is 6.43 Å². The van der Waals surface area contributed by atoms with E-state index in [9.17, 15) is 8.78 Å². The number of alkyl halides is 2. The van der Waals surface area contributed by atoms with Crippen LogP contribution in [0.5, 0.6) is 0 Å². The van der Waals surface area contributed by atoms with Gasteiger partial charge in [-0.05, 0) is 6.92 Å². The normalized spacial score (nSPS) is 47.9. The number of aliphatic hydroxyl groups is 1. The van der Waals surface area contributed by atoms with Gasteiger partial charge in [-0.1, -0.05) is 12.2 Å². The highest BCUT2D eigenvalue weighted by Crippen LogP contribution is 2.48. The minimum atomic E-state index is -2.42. The first-order chi connectivity index (χ1) is 6.08. The van der Waals surface area contributed by atoms with Crippen molar-refractivity contribution in [2.75, 3.05) is 6.61 Å². The Balaban J connectivity index is 2.27. The van der Waals surface area contributed by atoms with Crippen molar-refractivity contribution in [1.82, 2.24) is 0 Å². The minimum Gasteiger partial charge on any atom is -0.396 e. The highest BCUT2D eigenvalue weighted by Gasteiger charge is 2.56. The molecule has 1 N–H and O–H groups in total. The van der Waals surface area contributed by atoms with Crippen molar-refractivity contribution in [3.8, 4) is 0 Å². The Morgan fingerprint density at radius 2 is 2.31 bits per heavy atom. The molecule has 2 aliphatic rings. The summed E-state index contributed by atoms with van der Waals surface area (Å²) >= 11 is 0. The van der Waals surface area contributed by atoms with E-state index in [0.717, 1.165) is 0 Å². The van der Waals surface area contributed by atoms with Crippen LogP contribution in [0.25, 0.3) is 0 Å². The van der Waals surface area contributed by atoms with Crippen LogP contribution in [0.2, 0.25) is 0 Å². The summed E-state index contributed by atoms with van der Waals surface area (Å²) in [5, 5.41) is 9.03. The Morgan fingerprint density at radius 1 is 1.62 bits per heavy atom. The van der Waals surface area contributed by atoms with Crippen LogP contribution in [0.15, 0.2) is 12.2 Å². The molecule has 0 aromatic rings. The first kappa shape index (κ1) is 9.09. The smallest absolute Gasteiger partial charge is 0.244 e. The predicted octanol–water partition coefficient (Wildman–Crippen LogP) is 1.20. The monoisotopic (exact) mass is 190 g/mol. The zero-order valence-corrected chi connectivity index (χ0v) is 7.28. The third-order valence-corrected chi connectivity index (χ3v) is 3.07. The number of hydrogen-bond acceptors (Lipinski definition) is 2. The molecule has 0 aromatic heterocycles. The van der Waals surface area contributed by atoms with Crippen molar-refractivity contribution >= 4 is 0 Å². The molecule has 13 heavy (non-hydrogen) atoms. The van der Waals surface area contributed by atoms with E-state index in [2.05, 4.69) is 0 Å². The number of fused-ring (bicyclic) bond motifs is 2. The van der Waals surface area contributed by atoms with Crippen molar-refractivity contribution in [3.63, 3.8) is 0 Å². The highest BCUT2D eigenvalue weighted by molar-refractivity contribution is 5.21. The minimum absolute atomic E-state index is 0.244. The van der Waals surface area contributed by atoms with E-state index in [1.807, 2.05) is 0 Å². The first-order valence-electron chi connectivity index (χ1n) is 4.34. The van der Waals surface area contributed by atoms with E-state index in [1.54, 1.807) is 19.1 Å². The highest BCUT2D eigenvalue weighted by atomic mass is 19.3. The lowest BCUT2D eigenvalue weighted by Gasteiger charge is -2.28. The third-order valence-electron chi connectivity index (χ3n) is 3.07. The van der Waals surface area contributed by atoms with E-state index >= 15 is 0 Å². The van der Waals surface area contributed by atoms with Gasteiger partial charge in [0.25, 0.3) is 0 Å². The van der Waals surface area contributed by atoms with E-state index < -0.39 is 30.0 Å². The summed E-state index contributed by atoms with van der Waals surface area (Å²) in [4.78, 5) is 0. The predicted molar refractivity (Wildman–Crippen MR) is 42.5 cm³/mol. The van der Waals surface area contributed by atoms with Gasteiger partial charge in [0, 0.05) is 12.5 Å². The largest absolute Gasteiger partial charge is 0.396 e. The fourth-order valence-corrected chi connectivity index (χ4v) is 2.31. The van der Waals surface area contributed by atoms with Crippen LogP contribution in [-0.2, 0) is 4.74 Å². The molecule has 1 saturated heterocycles. The molecule has 1 fully saturated rings. The summed E-state index contributed by atoms with van der Waals surface area (Å²) in [5.41, 5.74) is -0.680. The molecule has 2 aliphatic heterocycles. The molecule has 0 aliphatic carbocycles. The lowest BCUT2D eigenvalue weighted by Crippen LogP contribution is -2.38. The maximum Gasteiger partial charge on any atom is 0.244 e. The molecule has 74 valence electrons. The van der Waals surface area contributed by atoms with Crippen molar-refractivity contribution in [3.05, 3.63) is 12.2 Å². The fraction of sp³-hybridized carbons (Fsp3) is 0.778. The van der Waals surface area contributed by atoms with Crippen molar-refractivity contribution < 1.29 is 18.6 Å². The number of rotatable bonds is 2. The second-order valence-electron chi connectivity index (χ2n) is 3.83. The molecule has 0 unspecified atom stereocenters. The maximum atomic E-state index is 12.6. The van der Waals surface area contributed by atoms with Gasteiger partial charge in [0.05, 0.1) is 17.6 Å². The summed E-state index contributed by atoms with van der Waals surface area (Å²) in [7, 11) is 0. The average Bonchev–Trinajstić information content (AvgIpc) is 2.55. The summed E-state index contributed by atoms with van der Waals surface area (Å²) in [6, 6.07) is 0. The van der Waals surface area contributed by atoms with Crippen molar-refractivity contribution in [2.45, 2.75) is 25.1 Å². The molecule has 2 heterocycles. The number of ether oxygens (including phenoxy) is 1. The van der Waals surface area contributed by atoms with Crippen LogP contribution >= 0.6 is 0 Å². The van der Waals surface area contributed by atoms with Crippen LogP contribution in [0.3, 0.4) is 0 Å². The fourth-order valence-electron chi connectivity index (χ4n) is 2.31. The average molecular weight is 190 g/mol. The molecule has 4 atom stereocenters. The molecular formula is C9H12F2O2. The molecule has 0 radical (unpaired) electrons. The molecule has 0 amide bonds. The van der Waals surface area contributed by atoms with Gasteiger partial charge in [0.15, 0.2) is 0 Å².